The van der Waals surface area contributed by atoms with Gasteiger partial charge in [-0.1, -0.05) is 34.5 Å². The summed E-state index contributed by atoms with van der Waals surface area (Å²) < 4.78 is 1.12. The average Bonchev–Trinajstić information content (AvgIpc) is 2.98. The molecule has 2 aliphatic rings. The quantitative estimate of drug-likeness (QED) is 0.876. The molecule has 0 saturated heterocycles. The van der Waals surface area contributed by atoms with Gasteiger partial charge >= 0.3 is 0 Å². The number of aliphatic hydroxyl groups excluding tert-OH is 1. The molecule has 4 unspecified atom stereocenters. The fraction of sp³-hybridized carbons (Fsp3) is 0.625. The molecule has 4 atom stereocenters. The first-order valence-electron chi connectivity index (χ1n) is 7.12. The zero-order valence-electron chi connectivity index (χ0n) is 10.7. The van der Waals surface area contributed by atoms with E-state index in [0.717, 1.165) is 22.2 Å². The van der Waals surface area contributed by atoms with E-state index in [-0.39, 0.29) is 6.61 Å². The summed E-state index contributed by atoms with van der Waals surface area (Å²) in [6.07, 6.45) is 6.94. The van der Waals surface area contributed by atoms with Gasteiger partial charge in [0, 0.05) is 17.0 Å². The first-order chi connectivity index (χ1) is 8.76. The van der Waals surface area contributed by atoms with Crippen LogP contribution in [0.2, 0.25) is 0 Å². The van der Waals surface area contributed by atoms with E-state index in [1.165, 1.54) is 37.7 Å². The highest BCUT2D eigenvalue weighted by atomic mass is 79.9. The Morgan fingerprint density at radius 2 is 2.17 bits per heavy atom. The summed E-state index contributed by atoms with van der Waals surface area (Å²) in [4.78, 5) is 0. The van der Waals surface area contributed by atoms with Gasteiger partial charge in [0.05, 0.1) is 0 Å². The summed E-state index contributed by atoms with van der Waals surface area (Å²) in [5.41, 5.74) is 1.29. The Morgan fingerprint density at radius 3 is 2.78 bits per heavy atom. The molecule has 0 aliphatic heterocycles. The van der Waals surface area contributed by atoms with Crippen LogP contribution in [0.25, 0.3) is 0 Å². The van der Waals surface area contributed by atoms with Gasteiger partial charge in [-0.15, -0.1) is 0 Å². The highest BCUT2D eigenvalue weighted by molar-refractivity contribution is 9.10. The fourth-order valence-electron chi connectivity index (χ4n) is 4.11. The Balaban J connectivity index is 1.69. The minimum Gasteiger partial charge on any atom is -0.396 e. The van der Waals surface area contributed by atoms with Crippen LogP contribution < -0.4 is 0 Å². The lowest BCUT2D eigenvalue weighted by Crippen LogP contribution is -2.16. The van der Waals surface area contributed by atoms with Crippen LogP contribution in [0.5, 0.6) is 0 Å². The summed E-state index contributed by atoms with van der Waals surface area (Å²) in [5.74, 6) is 3.14. The molecule has 2 fully saturated rings. The molecule has 1 N–H and O–H groups in total. The van der Waals surface area contributed by atoms with E-state index in [2.05, 4.69) is 40.2 Å². The maximum atomic E-state index is 9.69. The summed E-state index contributed by atoms with van der Waals surface area (Å²) in [6.45, 7) is 0.282. The topological polar surface area (TPSA) is 20.2 Å². The molecule has 2 saturated carbocycles. The van der Waals surface area contributed by atoms with Crippen molar-refractivity contribution in [2.75, 3.05) is 6.61 Å². The maximum absolute atomic E-state index is 9.69. The third kappa shape index (κ3) is 2.50. The van der Waals surface area contributed by atoms with Crippen LogP contribution in [-0.4, -0.2) is 11.7 Å². The molecule has 1 aromatic carbocycles. The van der Waals surface area contributed by atoms with Crippen LogP contribution in [0, 0.1) is 17.8 Å². The molecule has 0 spiro atoms. The van der Waals surface area contributed by atoms with Crippen molar-refractivity contribution < 1.29 is 5.11 Å². The first kappa shape index (κ1) is 12.7. The van der Waals surface area contributed by atoms with Crippen molar-refractivity contribution in [3.05, 3.63) is 34.3 Å². The molecule has 98 valence electrons. The Morgan fingerprint density at radius 1 is 1.28 bits per heavy atom. The van der Waals surface area contributed by atoms with Gasteiger partial charge in [-0.2, -0.15) is 0 Å². The molecule has 18 heavy (non-hydrogen) atoms. The lowest BCUT2D eigenvalue weighted by atomic mass is 9.80. The van der Waals surface area contributed by atoms with Crippen molar-refractivity contribution in [3.63, 3.8) is 0 Å². The van der Waals surface area contributed by atoms with Gasteiger partial charge in [-0.25, -0.2) is 0 Å². The molecule has 0 heterocycles. The van der Waals surface area contributed by atoms with E-state index >= 15 is 0 Å². The number of benzene rings is 1. The number of aliphatic hydroxyl groups is 1. The minimum atomic E-state index is 0.282. The third-order valence-corrected chi connectivity index (χ3v) is 5.51. The Hall–Kier alpha value is -0.340. The van der Waals surface area contributed by atoms with E-state index in [4.69, 9.17) is 0 Å². The van der Waals surface area contributed by atoms with Crippen LogP contribution in [0.3, 0.4) is 0 Å². The number of rotatable bonds is 4. The Kier molecular flexibility index (Phi) is 3.76. The Bertz CT molecular complexity index is 417. The van der Waals surface area contributed by atoms with Crippen molar-refractivity contribution in [1.82, 2.24) is 0 Å². The largest absolute Gasteiger partial charge is 0.396 e. The van der Waals surface area contributed by atoms with Gasteiger partial charge < -0.3 is 5.11 Å². The second kappa shape index (κ2) is 5.34. The van der Waals surface area contributed by atoms with Crippen LogP contribution in [0.15, 0.2) is 28.7 Å². The predicted molar refractivity (Wildman–Crippen MR) is 77.5 cm³/mol. The van der Waals surface area contributed by atoms with Gasteiger partial charge in [0.1, 0.15) is 0 Å². The molecule has 3 rings (SSSR count). The molecule has 0 radical (unpaired) electrons. The second-order valence-corrected chi connectivity index (χ2v) is 7.02. The van der Waals surface area contributed by atoms with Gasteiger partial charge in [-0.05, 0) is 61.1 Å². The van der Waals surface area contributed by atoms with Gasteiger partial charge in [0.25, 0.3) is 0 Å². The summed E-state index contributed by atoms with van der Waals surface area (Å²) in [6, 6.07) is 8.44. The fourth-order valence-corrected chi connectivity index (χ4v) is 4.52. The molecule has 2 bridgehead atoms. The average molecular weight is 309 g/mol. The summed E-state index contributed by atoms with van der Waals surface area (Å²) in [7, 11) is 0. The van der Waals surface area contributed by atoms with E-state index < -0.39 is 0 Å². The smallest absolute Gasteiger partial charge is 0.0499 e. The molecule has 2 heteroatoms. The van der Waals surface area contributed by atoms with Crippen molar-refractivity contribution in [1.29, 1.82) is 0 Å². The number of hydrogen-bond acceptors (Lipinski definition) is 1. The highest BCUT2D eigenvalue weighted by Gasteiger charge is 2.40. The molecule has 0 aromatic heterocycles. The molecule has 1 nitrogen and oxygen atoms in total. The lowest BCUT2D eigenvalue weighted by Gasteiger charge is -2.26. The van der Waals surface area contributed by atoms with E-state index in [0.29, 0.717) is 5.92 Å². The standard InChI is InChI=1S/C16H21BrO/c17-16-3-1-2-12(9-16)15(10-18)8-14-7-11-4-5-13(14)6-11/h1-3,9,11,13-15,18H,4-8,10H2. The number of hydrogen-bond donors (Lipinski definition) is 1. The van der Waals surface area contributed by atoms with E-state index in [1.807, 2.05) is 0 Å². The third-order valence-electron chi connectivity index (χ3n) is 5.01. The number of halogens is 1. The predicted octanol–water partition coefficient (Wildman–Crippen LogP) is 4.35. The SMILES string of the molecule is OCC(CC1CC2CCC1C2)c1cccc(Br)c1. The zero-order chi connectivity index (χ0) is 12.5. The van der Waals surface area contributed by atoms with Crippen LogP contribution in [0.1, 0.15) is 43.6 Å². The lowest BCUT2D eigenvalue weighted by molar-refractivity contribution is 0.219. The molecule has 1 aromatic rings. The van der Waals surface area contributed by atoms with Gasteiger partial charge in [0.2, 0.25) is 0 Å². The molecular formula is C16H21BrO. The maximum Gasteiger partial charge on any atom is 0.0499 e. The van der Waals surface area contributed by atoms with E-state index in [9.17, 15) is 5.11 Å². The summed E-state index contributed by atoms with van der Waals surface area (Å²) in [5, 5.41) is 9.69. The van der Waals surface area contributed by atoms with Crippen LogP contribution >= 0.6 is 15.9 Å². The molecule has 2 aliphatic carbocycles. The minimum absolute atomic E-state index is 0.282. The molecular weight excluding hydrogens is 288 g/mol. The van der Waals surface area contributed by atoms with Crippen molar-refractivity contribution >= 4 is 15.9 Å². The second-order valence-electron chi connectivity index (χ2n) is 6.11. The van der Waals surface area contributed by atoms with Gasteiger partial charge in [-0.3, -0.25) is 0 Å². The van der Waals surface area contributed by atoms with Crippen LogP contribution in [0.4, 0.5) is 0 Å². The molecule has 0 amide bonds. The highest BCUT2D eigenvalue weighted by Crippen LogP contribution is 2.51. The van der Waals surface area contributed by atoms with Crippen LogP contribution in [-0.2, 0) is 0 Å². The van der Waals surface area contributed by atoms with E-state index in [1.54, 1.807) is 0 Å². The normalized spacial score (nSPS) is 31.8. The first-order valence-corrected chi connectivity index (χ1v) is 7.92. The number of fused-ring (bicyclic) bond motifs is 2. The van der Waals surface area contributed by atoms with Gasteiger partial charge in [0.15, 0.2) is 0 Å². The van der Waals surface area contributed by atoms with Crippen molar-refractivity contribution in [2.45, 2.75) is 38.0 Å². The summed E-state index contributed by atoms with van der Waals surface area (Å²) >= 11 is 3.52. The van der Waals surface area contributed by atoms with Crippen molar-refractivity contribution in [3.8, 4) is 0 Å². The van der Waals surface area contributed by atoms with Crippen molar-refractivity contribution in [2.24, 2.45) is 17.8 Å². The monoisotopic (exact) mass is 308 g/mol. The zero-order valence-corrected chi connectivity index (χ0v) is 12.3. The Labute approximate surface area is 118 Å².